The molecule has 0 saturated heterocycles. The Morgan fingerprint density at radius 3 is 2.57 bits per heavy atom. The predicted octanol–water partition coefficient (Wildman–Crippen LogP) is 3.02. The Labute approximate surface area is 145 Å². The Morgan fingerprint density at radius 1 is 1.26 bits per heavy atom. The number of benzene rings is 1. The molecule has 124 valence electrons. The van der Waals surface area contributed by atoms with E-state index in [2.05, 4.69) is 15.5 Å². The van der Waals surface area contributed by atoms with Gasteiger partial charge in [-0.05, 0) is 30.5 Å². The summed E-state index contributed by atoms with van der Waals surface area (Å²) in [4.78, 5) is 0. The van der Waals surface area contributed by atoms with Crippen molar-refractivity contribution in [2.75, 3.05) is 23.9 Å². The number of hydrogen-bond donors (Lipinski definition) is 1. The van der Waals surface area contributed by atoms with Gasteiger partial charge in [0.15, 0.2) is 0 Å². The summed E-state index contributed by atoms with van der Waals surface area (Å²) >= 11 is 7.38. The standard InChI is InChI=1S/C15H18ClN3O2S2/c1-23(20,21)10-15(6-7-15)9-17-14-19-18-13(22-14)8-11-2-4-12(16)5-3-11/h2-5H,6-10H2,1H3,(H,17,19). The highest BCUT2D eigenvalue weighted by molar-refractivity contribution is 7.90. The number of rotatable bonds is 7. The lowest BCUT2D eigenvalue weighted by Gasteiger charge is -2.13. The van der Waals surface area contributed by atoms with Crippen LogP contribution in [0, 0.1) is 5.41 Å². The Kier molecular flexibility index (Phi) is 4.62. The van der Waals surface area contributed by atoms with Gasteiger partial charge in [-0.3, -0.25) is 0 Å². The third-order valence-corrected chi connectivity index (χ3v) is 6.15. The summed E-state index contributed by atoms with van der Waals surface area (Å²) in [6, 6.07) is 7.67. The van der Waals surface area contributed by atoms with Crippen molar-refractivity contribution >= 4 is 37.9 Å². The van der Waals surface area contributed by atoms with Crippen LogP contribution in [0.5, 0.6) is 0 Å². The van der Waals surface area contributed by atoms with E-state index in [9.17, 15) is 8.42 Å². The molecule has 0 aliphatic heterocycles. The Balaban J connectivity index is 1.56. The number of hydrogen-bond acceptors (Lipinski definition) is 6. The molecule has 0 atom stereocenters. The first kappa shape index (κ1) is 16.7. The quantitative estimate of drug-likeness (QED) is 0.809. The summed E-state index contributed by atoms with van der Waals surface area (Å²) in [6.07, 6.45) is 3.90. The summed E-state index contributed by atoms with van der Waals surface area (Å²) in [6.45, 7) is 0.635. The fourth-order valence-electron chi connectivity index (χ4n) is 2.54. The van der Waals surface area contributed by atoms with Gasteiger partial charge < -0.3 is 5.32 Å². The van der Waals surface area contributed by atoms with Crippen molar-refractivity contribution < 1.29 is 8.42 Å². The van der Waals surface area contributed by atoms with Crippen LogP contribution in [0.15, 0.2) is 24.3 Å². The van der Waals surface area contributed by atoms with Crippen LogP contribution < -0.4 is 5.32 Å². The molecule has 1 aromatic carbocycles. The van der Waals surface area contributed by atoms with Gasteiger partial charge in [-0.1, -0.05) is 35.1 Å². The molecule has 1 aliphatic carbocycles. The molecule has 0 bridgehead atoms. The van der Waals surface area contributed by atoms with Gasteiger partial charge in [0, 0.05) is 29.7 Å². The van der Waals surface area contributed by atoms with Crippen molar-refractivity contribution in [3.63, 3.8) is 0 Å². The molecule has 1 aliphatic rings. The molecule has 8 heteroatoms. The second-order valence-electron chi connectivity index (χ2n) is 6.23. The first-order chi connectivity index (χ1) is 10.8. The molecule has 0 amide bonds. The highest BCUT2D eigenvalue weighted by Crippen LogP contribution is 2.46. The Morgan fingerprint density at radius 2 is 1.96 bits per heavy atom. The summed E-state index contributed by atoms with van der Waals surface area (Å²) < 4.78 is 22.9. The number of aromatic nitrogens is 2. The number of sulfone groups is 1. The molecule has 2 aromatic rings. The number of halogens is 1. The zero-order valence-electron chi connectivity index (χ0n) is 12.8. The van der Waals surface area contributed by atoms with E-state index in [1.165, 1.54) is 17.6 Å². The highest BCUT2D eigenvalue weighted by atomic mass is 35.5. The van der Waals surface area contributed by atoms with Crippen LogP contribution in [-0.2, 0) is 16.3 Å². The lowest BCUT2D eigenvalue weighted by Crippen LogP contribution is -2.24. The van der Waals surface area contributed by atoms with E-state index in [0.717, 1.165) is 28.5 Å². The topological polar surface area (TPSA) is 72.0 Å². The van der Waals surface area contributed by atoms with Crippen molar-refractivity contribution in [2.24, 2.45) is 5.41 Å². The molecule has 1 aromatic heterocycles. The van der Waals surface area contributed by atoms with Gasteiger partial charge in [-0.2, -0.15) is 0 Å². The number of anilines is 1. The van der Waals surface area contributed by atoms with Gasteiger partial charge in [0.25, 0.3) is 0 Å². The van der Waals surface area contributed by atoms with Gasteiger partial charge in [0.1, 0.15) is 14.8 Å². The SMILES string of the molecule is CS(=O)(=O)CC1(CNc2nnc(Cc3ccc(Cl)cc3)s2)CC1. The molecule has 1 N–H and O–H groups in total. The van der Waals surface area contributed by atoms with E-state index in [4.69, 9.17) is 11.6 Å². The van der Waals surface area contributed by atoms with E-state index in [1.54, 1.807) is 0 Å². The number of nitrogens with one attached hydrogen (secondary N) is 1. The van der Waals surface area contributed by atoms with Crippen molar-refractivity contribution in [3.05, 3.63) is 39.9 Å². The van der Waals surface area contributed by atoms with E-state index in [0.29, 0.717) is 18.0 Å². The van der Waals surface area contributed by atoms with E-state index in [1.807, 2.05) is 24.3 Å². The molecule has 5 nitrogen and oxygen atoms in total. The average molecular weight is 372 g/mol. The summed E-state index contributed by atoms with van der Waals surface area (Å²) in [5.41, 5.74) is 1.02. The van der Waals surface area contributed by atoms with Crippen LogP contribution in [0.2, 0.25) is 5.02 Å². The summed E-state index contributed by atoms with van der Waals surface area (Å²) in [7, 11) is -2.95. The molecule has 1 heterocycles. The molecule has 23 heavy (non-hydrogen) atoms. The smallest absolute Gasteiger partial charge is 0.205 e. The second kappa shape index (κ2) is 6.37. The maximum atomic E-state index is 11.5. The zero-order chi connectivity index (χ0) is 16.5. The van der Waals surface area contributed by atoms with Gasteiger partial charge in [0.05, 0.1) is 5.75 Å². The molecule has 0 radical (unpaired) electrons. The fourth-order valence-corrected chi connectivity index (χ4v) is 4.94. The normalized spacial score (nSPS) is 16.3. The Bertz CT molecular complexity index is 783. The first-order valence-corrected chi connectivity index (χ1v) is 10.6. The highest BCUT2D eigenvalue weighted by Gasteiger charge is 2.45. The van der Waals surface area contributed by atoms with Crippen LogP contribution in [0.3, 0.4) is 0 Å². The zero-order valence-corrected chi connectivity index (χ0v) is 15.1. The molecular formula is C15H18ClN3O2S2. The second-order valence-corrected chi connectivity index (χ2v) is 9.87. The largest absolute Gasteiger partial charge is 0.359 e. The van der Waals surface area contributed by atoms with Crippen LogP contribution in [0.25, 0.3) is 0 Å². The molecule has 0 spiro atoms. The molecule has 1 saturated carbocycles. The third-order valence-electron chi connectivity index (χ3n) is 3.88. The number of nitrogens with zero attached hydrogens (tertiary/aromatic N) is 2. The first-order valence-electron chi connectivity index (χ1n) is 7.32. The Hall–Kier alpha value is -1.18. The minimum Gasteiger partial charge on any atom is -0.359 e. The average Bonchev–Trinajstić information content (AvgIpc) is 3.06. The van der Waals surface area contributed by atoms with Crippen LogP contribution in [0.4, 0.5) is 5.13 Å². The van der Waals surface area contributed by atoms with E-state index < -0.39 is 9.84 Å². The van der Waals surface area contributed by atoms with Crippen molar-refractivity contribution in [3.8, 4) is 0 Å². The molecular weight excluding hydrogens is 354 g/mol. The lowest BCUT2D eigenvalue weighted by molar-refractivity contribution is 0.560. The summed E-state index contributed by atoms with van der Waals surface area (Å²) in [5.74, 6) is 0.240. The molecule has 3 rings (SSSR count). The minimum atomic E-state index is -2.95. The lowest BCUT2D eigenvalue weighted by atomic mass is 10.1. The molecule has 0 unspecified atom stereocenters. The predicted molar refractivity (Wildman–Crippen MR) is 94.0 cm³/mol. The van der Waals surface area contributed by atoms with E-state index >= 15 is 0 Å². The van der Waals surface area contributed by atoms with Crippen molar-refractivity contribution in [1.82, 2.24) is 10.2 Å². The van der Waals surface area contributed by atoms with E-state index in [-0.39, 0.29) is 11.2 Å². The van der Waals surface area contributed by atoms with Gasteiger partial charge in [-0.25, -0.2) is 8.42 Å². The van der Waals surface area contributed by atoms with Crippen LogP contribution >= 0.6 is 22.9 Å². The monoisotopic (exact) mass is 371 g/mol. The van der Waals surface area contributed by atoms with Gasteiger partial charge >= 0.3 is 0 Å². The minimum absolute atomic E-state index is 0.115. The maximum absolute atomic E-state index is 11.5. The van der Waals surface area contributed by atoms with Gasteiger partial charge in [-0.15, -0.1) is 10.2 Å². The van der Waals surface area contributed by atoms with Crippen LogP contribution in [0.1, 0.15) is 23.4 Å². The fraction of sp³-hybridized carbons (Fsp3) is 0.467. The van der Waals surface area contributed by atoms with Crippen LogP contribution in [-0.4, -0.2) is 37.2 Å². The molecule has 1 fully saturated rings. The van der Waals surface area contributed by atoms with Crippen molar-refractivity contribution in [2.45, 2.75) is 19.3 Å². The maximum Gasteiger partial charge on any atom is 0.205 e. The third kappa shape index (κ3) is 4.89. The van der Waals surface area contributed by atoms with Crippen molar-refractivity contribution in [1.29, 1.82) is 0 Å². The summed E-state index contributed by atoms with van der Waals surface area (Å²) in [5, 5.41) is 13.9. The van der Waals surface area contributed by atoms with Gasteiger partial charge in [0.2, 0.25) is 5.13 Å².